The number of nitriles is 2. The van der Waals surface area contributed by atoms with Gasteiger partial charge in [0.1, 0.15) is 29.1 Å². The molecular weight excluding hydrogens is 326 g/mol. The third-order valence-corrected chi connectivity index (χ3v) is 5.04. The maximum Gasteiger partial charge on any atom is 0.268 e. The number of benzene rings is 1. The van der Waals surface area contributed by atoms with Gasteiger partial charge in [0.15, 0.2) is 0 Å². The minimum atomic E-state index is -0.579. The van der Waals surface area contributed by atoms with Crippen LogP contribution < -0.4 is 11.3 Å². The van der Waals surface area contributed by atoms with Gasteiger partial charge >= 0.3 is 0 Å². The first-order valence-corrected chi connectivity index (χ1v) is 8.74. The first kappa shape index (κ1) is 17.7. The summed E-state index contributed by atoms with van der Waals surface area (Å²) in [4.78, 5) is 16.8. The Kier molecular flexibility index (Phi) is 5.06. The average molecular weight is 347 g/mol. The quantitative estimate of drug-likeness (QED) is 0.887. The van der Waals surface area contributed by atoms with Crippen LogP contribution >= 0.6 is 0 Å². The zero-order chi connectivity index (χ0) is 18.7. The van der Waals surface area contributed by atoms with Crippen LogP contribution in [0.15, 0.2) is 29.1 Å². The summed E-state index contributed by atoms with van der Waals surface area (Å²) in [6.07, 6.45) is 3.74. The molecule has 1 aliphatic rings. The lowest BCUT2D eigenvalue weighted by Gasteiger charge is -2.33. The lowest BCUT2D eigenvalue weighted by molar-refractivity contribution is 0.152. The summed E-state index contributed by atoms with van der Waals surface area (Å²) in [5, 5.41) is 18.7. The van der Waals surface area contributed by atoms with Gasteiger partial charge in [-0.3, -0.25) is 9.69 Å². The van der Waals surface area contributed by atoms with Crippen molar-refractivity contribution in [3.63, 3.8) is 0 Å². The molecule has 1 unspecified atom stereocenters. The minimum absolute atomic E-state index is 0.0160. The Morgan fingerprint density at radius 2 is 1.88 bits per heavy atom. The second-order valence-corrected chi connectivity index (χ2v) is 6.73. The maximum atomic E-state index is 12.0. The molecule has 3 N–H and O–H groups in total. The van der Waals surface area contributed by atoms with Crippen LogP contribution in [0.4, 0.5) is 5.82 Å². The summed E-state index contributed by atoms with van der Waals surface area (Å²) in [6, 6.07) is 12.1. The maximum absolute atomic E-state index is 12.0. The molecule has 2 heterocycles. The van der Waals surface area contributed by atoms with E-state index < -0.39 is 5.56 Å². The monoisotopic (exact) mass is 347 g/mol. The second kappa shape index (κ2) is 7.43. The van der Waals surface area contributed by atoms with Crippen LogP contribution in [0.5, 0.6) is 0 Å². The van der Waals surface area contributed by atoms with Crippen molar-refractivity contribution in [2.45, 2.75) is 38.8 Å². The van der Waals surface area contributed by atoms with Crippen LogP contribution in [0.3, 0.4) is 0 Å². The van der Waals surface area contributed by atoms with E-state index >= 15 is 0 Å². The number of nitrogen functional groups attached to an aromatic ring is 1. The van der Waals surface area contributed by atoms with E-state index in [-0.39, 0.29) is 16.9 Å². The first-order valence-electron chi connectivity index (χ1n) is 8.74. The molecular formula is C20H21N5O. The number of nitrogens with one attached hydrogen (secondary N) is 1. The Labute approximate surface area is 152 Å². The molecule has 6 nitrogen and oxygen atoms in total. The molecule has 0 amide bonds. The summed E-state index contributed by atoms with van der Waals surface area (Å²) in [6.45, 7) is 4.23. The van der Waals surface area contributed by atoms with E-state index in [0.29, 0.717) is 17.2 Å². The molecule has 1 aliphatic heterocycles. The van der Waals surface area contributed by atoms with E-state index in [1.807, 2.05) is 36.4 Å². The van der Waals surface area contributed by atoms with Gasteiger partial charge in [-0.2, -0.15) is 10.5 Å². The Balaban J connectivity index is 1.96. The summed E-state index contributed by atoms with van der Waals surface area (Å²) < 4.78 is 0. The summed E-state index contributed by atoms with van der Waals surface area (Å²) >= 11 is 0. The molecule has 0 bridgehead atoms. The number of aromatic nitrogens is 1. The SMILES string of the molecule is CC1CCCCN1Cc1ccc(-c2c(C#N)c(N)[nH]c(=O)c2C#N)cc1. The summed E-state index contributed by atoms with van der Waals surface area (Å²) in [5.41, 5.74) is 7.33. The highest BCUT2D eigenvalue weighted by atomic mass is 16.1. The molecule has 1 aromatic heterocycles. The van der Waals surface area contributed by atoms with Crippen molar-refractivity contribution in [2.24, 2.45) is 0 Å². The van der Waals surface area contributed by atoms with Crippen molar-refractivity contribution >= 4 is 5.82 Å². The third-order valence-electron chi connectivity index (χ3n) is 5.04. The van der Waals surface area contributed by atoms with Gasteiger partial charge in [-0.15, -0.1) is 0 Å². The number of rotatable bonds is 3. The minimum Gasteiger partial charge on any atom is -0.384 e. The summed E-state index contributed by atoms with van der Waals surface area (Å²) in [7, 11) is 0. The fourth-order valence-corrected chi connectivity index (χ4v) is 3.54. The van der Waals surface area contributed by atoms with Crippen molar-refractivity contribution in [1.82, 2.24) is 9.88 Å². The highest BCUT2D eigenvalue weighted by Gasteiger charge is 2.20. The molecule has 0 spiro atoms. The third kappa shape index (κ3) is 3.33. The van der Waals surface area contributed by atoms with Crippen LogP contribution in [0.1, 0.15) is 42.9 Å². The second-order valence-electron chi connectivity index (χ2n) is 6.73. The normalized spacial score (nSPS) is 17.4. The standard InChI is InChI=1S/C20H21N5O/c1-13-4-2-3-9-25(13)12-14-5-7-15(8-6-14)18-16(10-21)19(23)24-20(26)17(18)11-22/h5-8,13H,2-4,9,12H2,1H3,(H3,23,24,26). The Morgan fingerprint density at radius 1 is 1.19 bits per heavy atom. The molecule has 3 rings (SSSR count). The molecule has 2 aromatic rings. The molecule has 1 fully saturated rings. The molecule has 1 atom stereocenters. The van der Waals surface area contributed by atoms with Gasteiger partial charge < -0.3 is 10.7 Å². The predicted molar refractivity (Wildman–Crippen MR) is 100 cm³/mol. The van der Waals surface area contributed by atoms with Gasteiger partial charge in [0.25, 0.3) is 5.56 Å². The van der Waals surface area contributed by atoms with Crippen molar-refractivity contribution in [2.75, 3.05) is 12.3 Å². The molecule has 1 saturated heterocycles. The van der Waals surface area contributed by atoms with Crippen molar-refractivity contribution in [1.29, 1.82) is 10.5 Å². The van der Waals surface area contributed by atoms with Crippen molar-refractivity contribution in [3.05, 3.63) is 51.3 Å². The molecule has 0 saturated carbocycles. The van der Waals surface area contributed by atoms with Crippen LogP contribution in [-0.2, 0) is 6.54 Å². The topological polar surface area (TPSA) is 110 Å². The van der Waals surface area contributed by atoms with Gasteiger partial charge in [-0.25, -0.2) is 0 Å². The molecule has 132 valence electrons. The van der Waals surface area contributed by atoms with Crippen molar-refractivity contribution in [3.8, 4) is 23.3 Å². The average Bonchev–Trinajstić information content (AvgIpc) is 2.64. The number of likely N-dealkylation sites (tertiary alicyclic amines) is 1. The number of nitrogens with two attached hydrogens (primary N) is 1. The molecule has 1 aromatic carbocycles. The largest absolute Gasteiger partial charge is 0.384 e. The van der Waals surface area contributed by atoms with E-state index in [1.54, 1.807) is 0 Å². The lowest BCUT2D eigenvalue weighted by atomic mass is 9.95. The fourth-order valence-electron chi connectivity index (χ4n) is 3.54. The number of hydrogen-bond donors (Lipinski definition) is 2. The number of pyridine rings is 1. The number of piperidine rings is 1. The van der Waals surface area contributed by atoms with Crippen LogP contribution in [0, 0.1) is 22.7 Å². The van der Waals surface area contributed by atoms with E-state index in [0.717, 1.165) is 18.7 Å². The van der Waals surface area contributed by atoms with Gasteiger partial charge in [-0.05, 0) is 37.4 Å². The zero-order valence-corrected chi connectivity index (χ0v) is 14.7. The Bertz CT molecular complexity index is 946. The molecule has 0 radical (unpaired) electrons. The number of nitrogens with zero attached hydrogens (tertiary/aromatic N) is 3. The van der Waals surface area contributed by atoms with E-state index in [2.05, 4.69) is 16.8 Å². The smallest absolute Gasteiger partial charge is 0.268 e. The molecule has 6 heteroatoms. The van der Waals surface area contributed by atoms with Gasteiger partial charge in [-0.1, -0.05) is 30.7 Å². The van der Waals surface area contributed by atoms with Crippen LogP contribution in [0.25, 0.3) is 11.1 Å². The van der Waals surface area contributed by atoms with Crippen LogP contribution in [-0.4, -0.2) is 22.5 Å². The predicted octanol–water partition coefficient (Wildman–Crippen LogP) is 2.74. The van der Waals surface area contributed by atoms with Crippen molar-refractivity contribution < 1.29 is 0 Å². The lowest BCUT2D eigenvalue weighted by Crippen LogP contribution is -2.36. The van der Waals surface area contributed by atoms with E-state index in [9.17, 15) is 15.3 Å². The Hall–Kier alpha value is -3.09. The number of aromatic amines is 1. The highest BCUT2D eigenvalue weighted by Crippen LogP contribution is 2.28. The van der Waals surface area contributed by atoms with Crippen LogP contribution in [0.2, 0.25) is 0 Å². The first-order chi connectivity index (χ1) is 12.5. The van der Waals surface area contributed by atoms with Gasteiger partial charge in [0.2, 0.25) is 0 Å². The number of hydrogen-bond acceptors (Lipinski definition) is 5. The van der Waals surface area contributed by atoms with Gasteiger partial charge in [0, 0.05) is 18.2 Å². The Morgan fingerprint density at radius 3 is 2.50 bits per heavy atom. The molecule has 0 aliphatic carbocycles. The van der Waals surface area contributed by atoms with E-state index in [4.69, 9.17) is 5.73 Å². The number of H-pyrrole nitrogens is 1. The fraction of sp³-hybridized carbons (Fsp3) is 0.350. The highest BCUT2D eigenvalue weighted by molar-refractivity contribution is 5.80. The van der Waals surface area contributed by atoms with Gasteiger partial charge in [0.05, 0.1) is 0 Å². The zero-order valence-electron chi connectivity index (χ0n) is 14.7. The number of anilines is 1. The van der Waals surface area contributed by atoms with E-state index in [1.165, 1.54) is 19.3 Å². The molecule has 26 heavy (non-hydrogen) atoms. The summed E-state index contributed by atoms with van der Waals surface area (Å²) in [5.74, 6) is -0.0160.